The summed E-state index contributed by atoms with van der Waals surface area (Å²) in [6.07, 6.45) is -0.110. The third-order valence-corrected chi connectivity index (χ3v) is 5.42. The lowest BCUT2D eigenvalue weighted by Crippen LogP contribution is -2.28. The molecule has 32 heavy (non-hydrogen) atoms. The van der Waals surface area contributed by atoms with Crippen molar-refractivity contribution >= 4 is 51.8 Å². The highest BCUT2D eigenvalue weighted by Crippen LogP contribution is 2.23. The Bertz CT molecular complexity index is 1130. The van der Waals surface area contributed by atoms with Crippen LogP contribution in [0, 0.1) is 10.1 Å². The molecule has 0 bridgehead atoms. The highest BCUT2D eigenvalue weighted by atomic mass is 32.2. The summed E-state index contributed by atoms with van der Waals surface area (Å²) in [4.78, 5) is 45.5. The Labute approximate surface area is 185 Å². The molecule has 0 unspecified atom stereocenters. The molecule has 1 saturated heterocycles. The number of carboxylic acid groups (broad SMARTS) is 1. The van der Waals surface area contributed by atoms with Crippen molar-refractivity contribution in [3.8, 4) is 0 Å². The van der Waals surface area contributed by atoms with Crippen LogP contribution in [0.1, 0.15) is 29.3 Å². The maximum absolute atomic E-state index is 12.2. The van der Waals surface area contributed by atoms with Crippen LogP contribution in [0.2, 0.25) is 0 Å². The topological polar surface area (TPSA) is 163 Å². The Balaban J connectivity index is 1.58. The van der Waals surface area contributed by atoms with Gasteiger partial charge in [-0.2, -0.15) is 5.10 Å². The van der Waals surface area contributed by atoms with E-state index in [1.807, 2.05) is 0 Å². The summed E-state index contributed by atoms with van der Waals surface area (Å²) in [5.74, 6) is -1.86. The van der Waals surface area contributed by atoms with Gasteiger partial charge in [0.05, 0.1) is 16.2 Å². The minimum Gasteiger partial charge on any atom is -0.478 e. The van der Waals surface area contributed by atoms with Crippen molar-refractivity contribution in [2.45, 2.75) is 18.6 Å². The summed E-state index contributed by atoms with van der Waals surface area (Å²) < 4.78 is 0. The number of non-ortho nitro benzene ring substituents is 1. The number of nitro benzene ring substituents is 1. The summed E-state index contributed by atoms with van der Waals surface area (Å²) >= 11 is 1.06. The fraction of sp³-hybridized carbons (Fsp3) is 0.150. The quantitative estimate of drug-likeness (QED) is 0.328. The van der Waals surface area contributed by atoms with E-state index in [1.165, 1.54) is 36.4 Å². The minimum absolute atomic E-state index is 0.0366. The average Bonchev–Trinajstić information content (AvgIpc) is 3.11. The zero-order chi connectivity index (χ0) is 23.3. The molecule has 1 aliphatic rings. The van der Waals surface area contributed by atoms with E-state index >= 15 is 0 Å². The highest BCUT2D eigenvalue weighted by Gasteiger charge is 2.32. The second-order valence-electron chi connectivity index (χ2n) is 6.63. The van der Waals surface area contributed by atoms with Crippen molar-refractivity contribution < 1.29 is 24.4 Å². The number of rotatable bonds is 7. The van der Waals surface area contributed by atoms with Crippen LogP contribution in [0.3, 0.4) is 0 Å². The number of carbonyl (C=O) groups excluding carboxylic acids is 2. The fourth-order valence-electron chi connectivity index (χ4n) is 2.67. The molecule has 0 aliphatic carbocycles. The lowest BCUT2D eigenvalue weighted by atomic mass is 10.1. The number of hydrogen-bond acceptors (Lipinski definition) is 8. The Morgan fingerprint density at radius 2 is 1.78 bits per heavy atom. The third-order valence-electron chi connectivity index (χ3n) is 4.35. The van der Waals surface area contributed by atoms with E-state index in [9.17, 15) is 24.5 Å². The predicted molar refractivity (Wildman–Crippen MR) is 119 cm³/mol. The van der Waals surface area contributed by atoms with Crippen LogP contribution in [0.4, 0.5) is 11.4 Å². The van der Waals surface area contributed by atoms with Crippen LogP contribution in [0.25, 0.3) is 0 Å². The first-order chi connectivity index (χ1) is 15.2. The largest absolute Gasteiger partial charge is 0.478 e. The maximum Gasteiger partial charge on any atom is 0.335 e. The molecule has 0 spiro atoms. The summed E-state index contributed by atoms with van der Waals surface area (Å²) in [7, 11) is 0. The van der Waals surface area contributed by atoms with Crippen LogP contribution in [0.15, 0.2) is 58.7 Å². The molecule has 2 aromatic rings. The number of carbonyl (C=O) groups is 3. The predicted octanol–water partition coefficient (Wildman–Crippen LogP) is 2.63. The number of amidine groups is 1. The number of anilines is 1. The van der Waals surface area contributed by atoms with Crippen LogP contribution in [0.5, 0.6) is 0 Å². The van der Waals surface area contributed by atoms with Crippen molar-refractivity contribution in [2.75, 3.05) is 5.32 Å². The molecule has 1 aliphatic heterocycles. The molecule has 164 valence electrons. The van der Waals surface area contributed by atoms with E-state index < -0.39 is 22.0 Å². The van der Waals surface area contributed by atoms with Gasteiger partial charge in [0, 0.05) is 24.2 Å². The molecule has 1 atom stereocenters. The molecule has 0 saturated carbocycles. The van der Waals surface area contributed by atoms with Crippen molar-refractivity contribution in [1.29, 1.82) is 0 Å². The van der Waals surface area contributed by atoms with E-state index in [4.69, 9.17) is 5.11 Å². The standard InChI is InChI=1S/C20H17N5O6S/c1-11(12-4-8-15(9-5-12)25(30)31)23-24-20-22-18(27)16(32-20)10-17(26)21-14-6-2-13(3-7-14)19(28)29/h2-9,16H,10H2,1H3,(H,21,26)(H,28,29)(H,22,24,27)/b23-11-/t16-/m0/s1. The first kappa shape index (κ1) is 22.6. The molecular formula is C20H17N5O6S. The molecule has 1 heterocycles. The van der Waals surface area contributed by atoms with Crippen LogP contribution in [-0.4, -0.2) is 43.9 Å². The number of amides is 2. The number of hydrogen-bond donors (Lipinski definition) is 3. The molecule has 2 aromatic carbocycles. The number of nitro groups is 1. The molecule has 0 aromatic heterocycles. The maximum atomic E-state index is 12.2. The number of nitrogens with zero attached hydrogens (tertiary/aromatic N) is 3. The van der Waals surface area contributed by atoms with Crippen LogP contribution >= 0.6 is 11.8 Å². The summed E-state index contributed by atoms with van der Waals surface area (Å²) in [6.45, 7) is 1.67. The monoisotopic (exact) mass is 455 g/mol. The number of aromatic carboxylic acids is 1. The van der Waals surface area contributed by atoms with Crippen molar-refractivity contribution in [3.05, 3.63) is 69.8 Å². The number of thioether (sulfide) groups is 1. The van der Waals surface area contributed by atoms with Gasteiger partial charge in [0.1, 0.15) is 5.25 Å². The van der Waals surface area contributed by atoms with Crippen LogP contribution in [-0.2, 0) is 9.59 Å². The van der Waals surface area contributed by atoms with Gasteiger partial charge in [-0.25, -0.2) is 4.79 Å². The van der Waals surface area contributed by atoms with Gasteiger partial charge in [-0.1, -0.05) is 11.8 Å². The first-order valence-corrected chi connectivity index (χ1v) is 10.1. The van der Waals surface area contributed by atoms with Crippen LogP contribution < -0.4 is 10.6 Å². The summed E-state index contributed by atoms with van der Waals surface area (Å²) in [6, 6.07) is 11.5. The van der Waals surface area contributed by atoms with Gasteiger partial charge < -0.3 is 15.7 Å². The molecule has 0 radical (unpaired) electrons. The molecule has 3 N–H and O–H groups in total. The Morgan fingerprint density at radius 1 is 1.16 bits per heavy atom. The van der Waals surface area contributed by atoms with Gasteiger partial charge in [0.15, 0.2) is 5.17 Å². The molecule has 1 fully saturated rings. The molecule has 2 amide bonds. The number of benzene rings is 2. The van der Waals surface area contributed by atoms with Gasteiger partial charge >= 0.3 is 5.97 Å². The van der Waals surface area contributed by atoms with Gasteiger partial charge in [-0.05, 0) is 48.9 Å². The molecular weight excluding hydrogens is 438 g/mol. The average molecular weight is 455 g/mol. The lowest BCUT2D eigenvalue weighted by Gasteiger charge is -2.07. The fourth-order valence-corrected chi connectivity index (χ4v) is 3.58. The second-order valence-corrected chi connectivity index (χ2v) is 7.82. The number of nitrogens with one attached hydrogen (secondary N) is 2. The van der Waals surface area contributed by atoms with Gasteiger partial charge in [-0.3, -0.25) is 19.7 Å². The van der Waals surface area contributed by atoms with Gasteiger partial charge in [0.25, 0.3) is 5.69 Å². The smallest absolute Gasteiger partial charge is 0.335 e. The van der Waals surface area contributed by atoms with Crippen molar-refractivity contribution in [1.82, 2.24) is 5.32 Å². The zero-order valence-electron chi connectivity index (χ0n) is 16.6. The van der Waals surface area contributed by atoms with E-state index in [1.54, 1.807) is 19.1 Å². The second kappa shape index (κ2) is 9.83. The third kappa shape index (κ3) is 5.76. The van der Waals surface area contributed by atoms with E-state index in [-0.39, 0.29) is 28.7 Å². The normalized spacial score (nSPS) is 17.2. The first-order valence-electron chi connectivity index (χ1n) is 9.20. The summed E-state index contributed by atoms with van der Waals surface area (Å²) in [5, 5.41) is 32.4. The van der Waals surface area contributed by atoms with E-state index in [2.05, 4.69) is 20.8 Å². The Morgan fingerprint density at radius 3 is 2.38 bits per heavy atom. The van der Waals surface area contributed by atoms with Crippen molar-refractivity contribution in [3.63, 3.8) is 0 Å². The van der Waals surface area contributed by atoms with Crippen molar-refractivity contribution in [2.24, 2.45) is 10.2 Å². The van der Waals surface area contributed by atoms with Gasteiger partial charge in [-0.15, -0.1) is 5.10 Å². The van der Waals surface area contributed by atoms with E-state index in [0.717, 1.165) is 11.8 Å². The molecule has 3 rings (SSSR count). The SMILES string of the molecule is C/C(=N/N=C1\NC(=O)[C@H](CC(=O)Nc2ccc(C(=O)O)cc2)S1)c1ccc([N+](=O)[O-])cc1. The Kier molecular flexibility index (Phi) is 6.95. The van der Waals surface area contributed by atoms with E-state index in [0.29, 0.717) is 17.0 Å². The Hall–Kier alpha value is -4.06. The highest BCUT2D eigenvalue weighted by molar-refractivity contribution is 8.15. The lowest BCUT2D eigenvalue weighted by molar-refractivity contribution is -0.384. The zero-order valence-corrected chi connectivity index (χ0v) is 17.5. The number of carboxylic acids is 1. The van der Waals surface area contributed by atoms with Gasteiger partial charge in [0.2, 0.25) is 11.8 Å². The summed E-state index contributed by atoms with van der Waals surface area (Å²) in [5.41, 5.74) is 1.61. The minimum atomic E-state index is -1.07. The molecule has 11 nitrogen and oxygen atoms in total. The molecule has 12 heteroatoms.